The van der Waals surface area contributed by atoms with Gasteiger partial charge in [0.2, 0.25) is 11.7 Å². The first-order valence-corrected chi connectivity index (χ1v) is 8.41. The van der Waals surface area contributed by atoms with E-state index in [0.29, 0.717) is 17.2 Å². The van der Waals surface area contributed by atoms with Gasteiger partial charge in [-0.15, -0.1) is 0 Å². The van der Waals surface area contributed by atoms with Gasteiger partial charge in [0.15, 0.2) is 11.5 Å². The van der Waals surface area contributed by atoms with E-state index in [4.69, 9.17) is 14.2 Å². The van der Waals surface area contributed by atoms with Crippen molar-refractivity contribution < 1.29 is 19.0 Å². The van der Waals surface area contributed by atoms with Crippen LogP contribution in [0, 0.1) is 0 Å². The van der Waals surface area contributed by atoms with Crippen LogP contribution in [0.5, 0.6) is 17.2 Å². The largest absolute Gasteiger partial charge is 0.493 e. The lowest BCUT2D eigenvalue weighted by molar-refractivity contribution is -0.133. The van der Waals surface area contributed by atoms with Gasteiger partial charge in [0, 0.05) is 7.05 Å². The van der Waals surface area contributed by atoms with Crippen molar-refractivity contribution in [2.75, 3.05) is 28.4 Å². The third kappa shape index (κ3) is 2.59. The summed E-state index contributed by atoms with van der Waals surface area (Å²) in [5.74, 6) is 1.93. The monoisotopic (exact) mass is 334 g/mol. The van der Waals surface area contributed by atoms with Crippen molar-refractivity contribution in [3.05, 3.63) is 17.7 Å². The number of carbonyl (C=O) groups excluding carboxylic acids is 1. The molecule has 0 unspecified atom stereocenters. The molecule has 0 bridgehead atoms. The van der Waals surface area contributed by atoms with Gasteiger partial charge >= 0.3 is 0 Å². The highest BCUT2D eigenvalue weighted by Crippen LogP contribution is 2.43. The van der Waals surface area contributed by atoms with Crippen molar-refractivity contribution in [3.8, 4) is 17.2 Å². The molecule has 24 heavy (non-hydrogen) atoms. The molecule has 1 saturated carbocycles. The lowest BCUT2D eigenvalue weighted by atomic mass is 9.82. The van der Waals surface area contributed by atoms with E-state index in [2.05, 4.69) is 5.32 Å². The molecule has 1 spiro atoms. The summed E-state index contributed by atoms with van der Waals surface area (Å²) in [6.45, 7) is 0. The quantitative estimate of drug-likeness (QED) is 0.917. The van der Waals surface area contributed by atoms with Gasteiger partial charge in [-0.25, -0.2) is 0 Å². The predicted octanol–water partition coefficient (Wildman–Crippen LogP) is 2.48. The summed E-state index contributed by atoms with van der Waals surface area (Å²) in [5.41, 5.74) is 0.515. The second-order valence-corrected chi connectivity index (χ2v) is 6.56. The molecule has 1 saturated heterocycles. The Morgan fingerprint density at radius 1 is 1.04 bits per heavy atom. The zero-order chi connectivity index (χ0) is 17.3. The average Bonchev–Trinajstić information content (AvgIpc) is 2.86. The first-order valence-electron chi connectivity index (χ1n) is 8.41. The maximum absolute atomic E-state index is 12.9. The topological polar surface area (TPSA) is 60.0 Å². The zero-order valence-corrected chi connectivity index (χ0v) is 14.8. The van der Waals surface area contributed by atoms with Crippen LogP contribution in [-0.2, 0) is 4.79 Å². The molecule has 1 heterocycles. The number of rotatable bonds is 4. The van der Waals surface area contributed by atoms with Crippen LogP contribution >= 0.6 is 0 Å². The van der Waals surface area contributed by atoms with Gasteiger partial charge < -0.3 is 19.1 Å². The first-order chi connectivity index (χ1) is 11.6. The molecule has 0 radical (unpaired) electrons. The molecule has 2 fully saturated rings. The van der Waals surface area contributed by atoms with E-state index in [0.717, 1.165) is 31.2 Å². The number of nitrogens with zero attached hydrogens (tertiary/aromatic N) is 1. The second-order valence-electron chi connectivity index (χ2n) is 6.56. The summed E-state index contributed by atoms with van der Waals surface area (Å²) in [4.78, 5) is 14.7. The van der Waals surface area contributed by atoms with Crippen molar-refractivity contribution in [1.82, 2.24) is 10.2 Å². The molecule has 3 rings (SSSR count). The van der Waals surface area contributed by atoms with Gasteiger partial charge in [0.05, 0.1) is 26.9 Å². The molecule has 1 aromatic rings. The minimum atomic E-state index is -0.419. The summed E-state index contributed by atoms with van der Waals surface area (Å²) in [7, 11) is 6.63. The minimum absolute atomic E-state index is 0.181. The predicted molar refractivity (Wildman–Crippen MR) is 90.6 cm³/mol. The van der Waals surface area contributed by atoms with Gasteiger partial charge in [-0.1, -0.05) is 19.3 Å². The van der Waals surface area contributed by atoms with Gasteiger partial charge in [0.25, 0.3) is 0 Å². The Morgan fingerprint density at radius 3 is 2.12 bits per heavy atom. The van der Waals surface area contributed by atoms with Crippen molar-refractivity contribution >= 4 is 5.91 Å². The minimum Gasteiger partial charge on any atom is -0.493 e. The van der Waals surface area contributed by atoms with Crippen molar-refractivity contribution in [2.24, 2.45) is 0 Å². The van der Waals surface area contributed by atoms with E-state index in [-0.39, 0.29) is 12.1 Å². The molecule has 132 valence electrons. The van der Waals surface area contributed by atoms with E-state index in [1.54, 1.807) is 26.2 Å². The maximum atomic E-state index is 12.9. The number of likely N-dealkylation sites (N-methyl/N-ethyl adjacent to an activating group) is 1. The number of carbonyl (C=O) groups is 1. The molecule has 1 aromatic carbocycles. The van der Waals surface area contributed by atoms with E-state index < -0.39 is 5.54 Å². The van der Waals surface area contributed by atoms with E-state index >= 15 is 0 Å². The van der Waals surface area contributed by atoms with E-state index in [1.807, 2.05) is 19.2 Å². The van der Waals surface area contributed by atoms with Crippen LogP contribution in [0.15, 0.2) is 12.1 Å². The maximum Gasteiger partial charge on any atom is 0.244 e. The molecule has 1 amide bonds. The number of amides is 1. The van der Waals surface area contributed by atoms with Crippen LogP contribution in [0.3, 0.4) is 0 Å². The van der Waals surface area contributed by atoms with Crippen LogP contribution in [-0.4, -0.2) is 44.7 Å². The van der Waals surface area contributed by atoms with Gasteiger partial charge in [0.1, 0.15) is 6.17 Å². The Morgan fingerprint density at radius 2 is 1.62 bits per heavy atom. The molecular weight excluding hydrogens is 308 g/mol. The third-order valence-corrected chi connectivity index (χ3v) is 5.24. The molecule has 6 heteroatoms. The van der Waals surface area contributed by atoms with E-state index in [1.165, 1.54) is 6.42 Å². The normalized spacial score (nSPS) is 22.8. The van der Waals surface area contributed by atoms with Crippen molar-refractivity contribution in [2.45, 2.75) is 43.8 Å². The molecule has 2 aliphatic rings. The molecule has 1 atom stereocenters. The van der Waals surface area contributed by atoms with Crippen molar-refractivity contribution in [1.29, 1.82) is 0 Å². The van der Waals surface area contributed by atoms with Crippen LogP contribution in [0.25, 0.3) is 0 Å². The fraction of sp³-hybridized carbons (Fsp3) is 0.611. The standard InChI is InChI=1S/C18H26N2O4/c1-20-16(19-18(17(20)21)8-6-5-7-9-18)12-10-13(22-2)15(24-4)14(11-12)23-3/h10-11,16,19H,5-9H2,1-4H3/t16-/m0/s1. The first kappa shape index (κ1) is 16.9. The van der Waals surface area contributed by atoms with Crippen LogP contribution in [0.1, 0.15) is 43.8 Å². The summed E-state index contributed by atoms with van der Waals surface area (Å²) in [5, 5.41) is 3.59. The Hall–Kier alpha value is -1.95. The molecule has 1 aliphatic heterocycles. The van der Waals surface area contributed by atoms with Crippen LogP contribution in [0.2, 0.25) is 0 Å². The average molecular weight is 334 g/mol. The Kier molecular flexibility index (Phi) is 4.58. The second kappa shape index (κ2) is 6.51. The SMILES string of the molecule is COc1cc([C@H]2NC3(CCCCC3)C(=O)N2C)cc(OC)c1OC. The number of methoxy groups -OCH3 is 3. The molecule has 1 N–H and O–H groups in total. The molecule has 6 nitrogen and oxygen atoms in total. The lowest BCUT2D eigenvalue weighted by Gasteiger charge is -2.31. The number of ether oxygens (including phenoxy) is 3. The number of hydrogen-bond donors (Lipinski definition) is 1. The molecular formula is C18H26N2O4. The Labute approximate surface area is 143 Å². The number of hydrogen-bond acceptors (Lipinski definition) is 5. The van der Waals surface area contributed by atoms with Gasteiger partial charge in [-0.3, -0.25) is 10.1 Å². The van der Waals surface area contributed by atoms with E-state index in [9.17, 15) is 4.79 Å². The molecule has 0 aromatic heterocycles. The fourth-order valence-corrected chi connectivity index (χ4v) is 3.95. The number of nitrogens with one attached hydrogen (secondary N) is 1. The molecule has 1 aliphatic carbocycles. The Bertz CT molecular complexity index is 600. The summed E-state index contributed by atoms with van der Waals surface area (Å²) in [6, 6.07) is 3.81. The summed E-state index contributed by atoms with van der Waals surface area (Å²) >= 11 is 0. The van der Waals surface area contributed by atoms with Crippen molar-refractivity contribution in [3.63, 3.8) is 0 Å². The highest BCUT2D eigenvalue weighted by molar-refractivity contribution is 5.89. The highest BCUT2D eigenvalue weighted by atomic mass is 16.5. The van der Waals surface area contributed by atoms with Gasteiger partial charge in [-0.05, 0) is 30.5 Å². The Balaban J connectivity index is 1.98. The van der Waals surface area contributed by atoms with Crippen LogP contribution < -0.4 is 19.5 Å². The highest BCUT2D eigenvalue weighted by Gasteiger charge is 2.50. The lowest BCUT2D eigenvalue weighted by Crippen LogP contribution is -2.48. The fourth-order valence-electron chi connectivity index (χ4n) is 3.95. The smallest absolute Gasteiger partial charge is 0.244 e. The van der Waals surface area contributed by atoms with Crippen LogP contribution in [0.4, 0.5) is 0 Å². The summed E-state index contributed by atoms with van der Waals surface area (Å²) in [6.07, 6.45) is 5.00. The van der Waals surface area contributed by atoms with Gasteiger partial charge in [-0.2, -0.15) is 0 Å². The summed E-state index contributed by atoms with van der Waals surface area (Å²) < 4.78 is 16.3. The number of benzene rings is 1. The third-order valence-electron chi connectivity index (χ3n) is 5.24. The zero-order valence-electron chi connectivity index (χ0n) is 14.8.